The zero-order valence-corrected chi connectivity index (χ0v) is 17.3. The molecule has 1 heteroatoms. The van der Waals surface area contributed by atoms with Crippen LogP contribution in [-0.2, 0) is 6.42 Å². The minimum Gasteiger partial charge on any atom is -0.0662 e. The molecule has 0 spiro atoms. The Morgan fingerprint density at radius 1 is 0.840 bits per heavy atom. The lowest BCUT2D eigenvalue weighted by atomic mass is 10.1. The Hall–Kier alpha value is -1.86. The Kier molecular flexibility index (Phi) is 3.70. The summed E-state index contributed by atoms with van der Waals surface area (Å²) in [5, 5.41) is 3.39. The van der Waals surface area contributed by atoms with Crippen LogP contribution in [0.3, 0.4) is 0 Å². The highest BCUT2D eigenvalue weighted by molar-refractivity contribution is 6.96. The lowest BCUT2D eigenvalue weighted by Crippen LogP contribution is -2.47. The molecule has 2 aliphatic rings. The van der Waals surface area contributed by atoms with Crippen LogP contribution in [0.2, 0.25) is 13.1 Å². The second-order valence-electron chi connectivity index (χ2n) is 8.36. The number of benzene rings is 2. The molecule has 0 amide bonds. The van der Waals surface area contributed by atoms with E-state index in [9.17, 15) is 0 Å². The smallest absolute Gasteiger partial charge is 0.0662 e. The third-order valence-electron chi connectivity index (χ3n) is 6.84. The van der Waals surface area contributed by atoms with E-state index in [1.807, 2.05) is 0 Å². The largest absolute Gasteiger partial charge is 0.109 e. The Bertz CT molecular complexity index is 940. The van der Waals surface area contributed by atoms with E-state index in [2.05, 4.69) is 83.3 Å². The summed E-state index contributed by atoms with van der Waals surface area (Å²) in [6.07, 6.45) is 1.10. The average Bonchev–Trinajstić information content (AvgIpc) is 3.06. The summed E-state index contributed by atoms with van der Waals surface area (Å²) in [6.45, 7) is 14.5. The fraction of sp³-hybridized carbons (Fsp3) is 0.333. The zero-order valence-electron chi connectivity index (χ0n) is 16.3. The Labute approximate surface area is 153 Å². The van der Waals surface area contributed by atoms with Crippen molar-refractivity contribution in [1.29, 1.82) is 0 Å². The van der Waals surface area contributed by atoms with Crippen LogP contribution in [0.25, 0.3) is 11.1 Å². The second-order valence-corrected chi connectivity index (χ2v) is 12.7. The molecule has 2 aliphatic carbocycles. The summed E-state index contributed by atoms with van der Waals surface area (Å²) in [4.78, 5) is 0. The zero-order chi connectivity index (χ0) is 17.9. The summed E-state index contributed by atoms with van der Waals surface area (Å²) < 4.78 is 0. The van der Waals surface area contributed by atoms with E-state index in [0.29, 0.717) is 5.92 Å². The number of hydrogen-bond donors (Lipinski definition) is 0. The first kappa shape index (κ1) is 16.6. The molecule has 0 fully saturated rings. The van der Waals surface area contributed by atoms with Gasteiger partial charge in [-0.05, 0) is 60.9 Å². The molecule has 0 aliphatic heterocycles. The Morgan fingerprint density at radius 2 is 1.52 bits per heavy atom. The van der Waals surface area contributed by atoms with Gasteiger partial charge in [0.25, 0.3) is 0 Å². The van der Waals surface area contributed by atoms with Crippen LogP contribution in [0.1, 0.15) is 38.8 Å². The van der Waals surface area contributed by atoms with Crippen molar-refractivity contribution in [2.24, 2.45) is 5.92 Å². The summed E-state index contributed by atoms with van der Waals surface area (Å²) in [5.41, 5.74) is 10.7. The maximum Gasteiger partial charge on any atom is 0.109 e. The van der Waals surface area contributed by atoms with E-state index in [4.69, 9.17) is 0 Å². The van der Waals surface area contributed by atoms with Crippen molar-refractivity contribution >= 4 is 13.3 Å². The second kappa shape index (κ2) is 5.57. The molecule has 128 valence electrons. The van der Waals surface area contributed by atoms with E-state index in [0.717, 1.165) is 6.42 Å². The third kappa shape index (κ3) is 2.25. The van der Waals surface area contributed by atoms with Gasteiger partial charge >= 0.3 is 0 Å². The molecule has 0 heterocycles. The van der Waals surface area contributed by atoms with E-state index < -0.39 is 8.07 Å². The molecule has 0 radical (unpaired) electrons. The Balaban J connectivity index is 1.88. The summed E-state index contributed by atoms with van der Waals surface area (Å²) >= 11 is 0. The molecule has 0 saturated heterocycles. The Morgan fingerprint density at radius 3 is 2.20 bits per heavy atom. The number of fused-ring (bicyclic) bond motifs is 3. The van der Waals surface area contributed by atoms with Crippen molar-refractivity contribution in [2.45, 2.75) is 47.2 Å². The standard InChI is InChI=1S/C24H28Si/c1-15-16(2)18(4)24(17(15)3)25(5,6)23-13-9-12-21-20-11-8-7-10-19(20)14-22(21)23/h7-13,17H,14H2,1-6H3. The van der Waals surface area contributed by atoms with Crippen LogP contribution in [0, 0.1) is 5.92 Å². The van der Waals surface area contributed by atoms with Gasteiger partial charge in [0.1, 0.15) is 8.07 Å². The first-order chi connectivity index (χ1) is 11.8. The van der Waals surface area contributed by atoms with Gasteiger partial charge in [0.05, 0.1) is 0 Å². The predicted octanol–water partition coefficient (Wildman–Crippen LogP) is 6.02. The van der Waals surface area contributed by atoms with Gasteiger partial charge in [0.15, 0.2) is 0 Å². The normalized spacial score (nSPS) is 19.5. The quantitative estimate of drug-likeness (QED) is 0.499. The first-order valence-electron chi connectivity index (χ1n) is 9.43. The number of rotatable bonds is 2. The monoisotopic (exact) mass is 344 g/mol. The molecule has 0 saturated carbocycles. The first-order valence-corrected chi connectivity index (χ1v) is 12.4. The van der Waals surface area contributed by atoms with Gasteiger partial charge in [-0.1, -0.05) is 84.0 Å². The molecule has 1 unspecified atom stereocenters. The van der Waals surface area contributed by atoms with Gasteiger partial charge in [0, 0.05) is 0 Å². The predicted molar refractivity (Wildman–Crippen MR) is 112 cm³/mol. The molecular formula is C24H28Si. The third-order valence-corrected chi connectivity index (χ3v) is 10.8. The topological polar surface area (TPSA) is 0 Å². The fourth-order valence-corrected chi connectivity index (χ4v) is 9.47. The lowest BCUT2D eigenvalue weighted by molar-refractivity contribution is 0.849. The highest BCUT2D eigenvalue weighted by atomic mass is 28.3. The summed E-state index contributed by atoms with van der Waals surface area (Å²) in [5.74, 6) is 0.598. The SMILES string of the molecule is CC1=C(C)C(C)C([Si](C)(C)c2cccc3c2Cc2ccccc2-3)=C1C. The summed E-state index contributed by atoms with van der Waals surface area (Å²) in [7, 11) is -1.71. The highest BCUT2D eigenvalue weighted by Crippen LogP contribution is 2.43. The average molecular weight is 345 g/mol. The maximum atomic E-state index is 2.56. The van der Waals surface area contributed by atoms with Crippen LogP contribution in [0.5, 0.6) is 0 Å². The van der Waals surface area contributed by atoms with Gasteiger partial charge in [-0.2, -0.15) is 0 Å². The highest BCUT2D eigenvalue weighted by Gasteiger charge is 2.39. The fourth-order valence-electron chi connectivity index (χ4n) is 5.26. The molecule has 0 aromatic heterocycles. The van der Waals surface area contributed by atoms with E-state index >= 15 is 0 Å². The van der Waals surface area contributed by atoms with Crippen molar-refractivity contribution < 1.29 is 0 Å². The van der Waals surface area contributed by atoms with Crippen LogP contribution in [0.15, 0.2) is 64.4 Å². The van der Waals surface area contributed by atoms with E-state index in [-0.39, 0.29) is 0 Å². The van der Waals surface area contributed by atoms with Crippen molar-refractivity contribution in [2.75, 3.05) is 0 Å². The van der Waals surface area contributed by atoms with Crippen molar-refractivity contribution in [1.82, 2.24) is 0 Å². The molecule has 25 heavy (non-hydrogen) atoms. The lowest BCUT2D eigenvalue weighted by Gasteiger charge is -2.32. The van der Waals surface area contributed by atoms with Crippen LogP contribution >= 0.6 is 0 Å². The molecule has 4 rings (SSSR count). The van der Waals surface area contributed by atoms with Gasteiger partial charge in [0.2, 0.25) is 0 Å². The molecule has 1 atom stereocenters. The van der Waals surface area contributed by atoms with Gasteiger partial charge in [-0.15, -0.1) is 0 Å². The van der Waals surface area contributed by atoms with Gasteiger partial charge in [-0.25, -0.2) is 0 Å². The number of hydrogen-bond acceptors (Lipinski definition) is 0. The van der Waals surface area contributed by atoms with Crippen molar-refractivity contribution in [3.8, 4) is 11.1 Å². The van der Waals surface area contributed by atoms with Crippen molar-refractivity contribution in [3.05, 3.63) is 75.5 Å². The van der Waals surface area contributed by atoms with Gasteiger partial charge in [-0.3, -0.25) is 0 Å². The minimum absolute atomic E-state index is 0.598. The molecule has 0 nitrogen and oxygen atoms in total. The molecule has 0 N–H and O–H groups in total. The molecular weight excluding hydrogens is 316 g/mol. The molecule has 0 bridgehead atoms. The van der Waals surface area contributed by atoms with Crippen LogP contribution in [-0.4, -0.2) is 8.07 Å². The summed E-state index contributed by atoms with van der Waals surface area (Å²) in [6, 6.07) is 16.0. The van der Waals surface area contributed by atoms with E-state index in [1.54, 1.807) is 27.1 Å². The van der Waals surface area contributed by atoms with Crippen LogP contribution in [0.4, 0.5) is 0 Å². The molecule has 2 aromatic carbocycles. The number of allylic oxidation sites excluding steroid dienone is 4. The minimum atomic E-state index is -1.71. The maximum absolute atomic E-state index is 2.56. The van der Waals surface area contributed by atoms with Crippen molar-refractivity contribution in [3.63, 3.8) is 0 Å². The van der Waals surface area contributed by atoms with E-state index in [1.165, 1.54) is 22.3 Å². The van der Waals surface area contributed by atoms with Gasteiger partial charge < -0.3 is 0 Å². The van der Waals surface area contributed by atoms with Crippen LogP contribution < -0.4 is 5.19 Å². The molecule has 2 aromatic rings.